The van der Waals surface area contributed by atoms with E-state index in [1.807, 2.05) is 18.9 Å². The second-order valence-electron chi connectivity index (χ2n) is 3.44. The van der Waals surface area contributed by atoms with Crippen molar-refractivity contribution < 1.29 is 0 Å². The molecule has 0 atom stereocenters. The molecule has 1 fully saturated rings. The number of hydrogen-bond donors (Lipinski definition) is 0. The number of rotatable bonds is 3. The first-order valence-electron chi connectivity index (χ1n) is 4.80. The largest absolute Gasteiger partial charge is 0.0989 e. The zero-order valence-electron chi connectivity index (χ0n) is 8.11. The highest BCUT2D eigenvalue weighted by Crippen LogP contribution is 2.30. The molecular weight excluding hydrogens is 168 g/mol. The predicted molar refractivity (Wildman–Crippen MR) is 59.7 cm³/mol. The summed E-state index contributed by atoms with van der Waals surface area (Å²) in [5, 5.41) is 0. The van der Waals surface area contributed by atoms with Gasteiger partial charge in [0.25, 0.3) is 0 Å². The molecular formula is C14H13. The van der Waals surface area contributed by atoms with Gasteiger partial charge in [-0.3, -0.25) is 0 Å². The van der Waals surface area contributed by atoms with E-state index in [0.29, 0.717) is 0 Å². The Labute approximate surface area is 86.7 Å². The predicted octanol–water partition coefficient (Wildman–Crippen LogP) is 3.19. The van der Waals surface area contributed by atoms with Gasteiger partial charge in [-0.15, -0.1) is 0 Å². The molecule has 5 radical (unpaired) electrons. The fourth-order valence-electron chi connectivity index (χ4n) is 1.55. The van der Waals surface area contributed by atoms with Gasteiger partial charge in [0.1, 0.15) is 0 Å². The van der Waals surface area contributed by atoms with Crippen LogP contribution in [0.4, 0.5) is 0 Å². The lowest BCUT2D eigenvalue weighted by Gasteiger charge is -2.11. The molecule has 14 heavy (non-hydrogen) atoms. The molecule has 1 saturated carbocycles. The number of allylic oxidation sites excluding steroid dienone is 1. The molecule has 0 heterocycles. The molecule has 0 saturated heterocycles. The van der Waals surface area contributed by atoms with Crippen molar-refractivity contribution in [2.75, 3.05) is 0 Å². The Bertz CT molecular complexity index is 291. The summed E-state index contributed by atoms with van der Waals surface area (Å²) in [6.07, 6.45) is 9.23. The van der Waals surface area contributed by atoms with Crippen LogP contribution in [-0.2, 0) is 6.42 Å². The highest BCUT2D eigenvalue weighted by atomic mass is 14.2. The smallest absolute Gasteiger partial charge is 0.00801 e. The van der Waals surface area contributed by atoms with Crippen LogP contribution < -0.4 is 0 Å². The zero-order chi connectivity index (χ0) is 9.80. The molecule has 2 rings (SSSR count). The number of hydrogen-bond acceptors (Lipinski definition) is 0. The van der Waals surface area contributed by atoms with Gasteiger partial charge in [-0.1, -0.05) is 42.5 Å². The normalized spacial score (nSPS) is 17.1. The summed E-state index contributed by atoms with van der Waals surface area (Å²) in [5.41, 5.74) is 2.50. The van der Waals surface area contributed by atoms with Crippen molar-refractivity contribution in [3.8, 4) is 0 Å². The van der Waals surface area contributed by atoms with Gasteiger partial charge in [-0.2, -0.15) is 0 Å². The maximum atomic E-state index is 4.09. The van der Waals surface area contributed by atoms with Crippen LogP contribution in [0, 0.1) is 31.6 Å². The molecule has 0 amide bonds. The molecule has 0 unspecified atom stereocenters. The molecule has 0 heteroatoms. The van der Waals surface area contributed by atoms with E-state index in [2.05, 4.69) is 43.7 Å². The van der Waals surface area contributed by atoms with E-state index in [4.69, 9.17) is 0 Å². The molecule has 0 aliphatic heterocycles. The van der Waals surface area contributed by atoms with Gasteiger partial charge in [-0.05, 0) is 37.7 Å². The van der Waals surface area contributed by atoms with Gasteiger partial charge >= 0.3 is 0 Å². The summed E-state index contributed by atoms with van der Waals surface area (Å²) in [4.78, 5) is 0. The topological polar surface area (TPSA) is 0 Å². The van der Waals surface area contributed by atoms with E-state index in [1.54, 1.807) is 0 Å². The minimum Gasteiger partial charge on any atom is -0.0989 e. The van der Waals surface area contributed by atoms with Gasteiger partial charge in [-0.25, -0.2) is 0 Å². The van der Waals surface area contributed by atoms with Crippen molar-refractivity contribution in [2.45, 2.75) is 6.42 Å². The van der Waals surface area contributed by atoms with Gasteiger partial charge in [0.15, 0.2) is 0 Å². The summed E-state index contributed by atoms with van der Waals surface area (Å²) in [7, 11) is 0. The minimum atomic E-state index is 0.935. The van der Waals surface area contributed by atoms with Crippen molar-refractivity contribution >= 4 is 0 Å². The first kappa shape index (κ1) is 9.51. The third kappa shape index (κ3) is 2.25. The molecule has 69 valence electrons. The van der Waals surface area contributed by atoms with Crippen molar-refractivity contribution in [1.82, 2.24) is 0 Å². The standard InChI is InChI=1S/C14H13/c1-12(14-9-5-6-10-14)11-13-7-3-2-4-8-13/h2-10H,1,11H2. The third-order valence-electron chi connectivity index (χ3n) is 2.33. The molecule has 0 bridgehead atoms. The minimum absolute atomic E-state index is 0.935. The van der Waals surface area contributed by atoms with Crippen LogP contribution in [0.25, 0.3) is 0 Å². The van der Waals surface area contributed by atoms with Gasteiger partial charge in [0.2, 0.25) is 0 Å². The average molecular weight is 181 g/mol. The Balaban J connectivity index is 1.94. The molecule has 1 aromatic carbocycles. The van der Waals surface area contributed by atoms with Crippen LogP contribution in [0.3, 0.4) is 0 Å². The lowest BCUT2D eigenvalue weighted by atomic mass is 9.93. The second kappa shape index (κ2) is 4.45. The average Bonchev–Trinajstić information content (AvgIpc) is 2.72. The summed E-state index contributed by atoms with van der Waals surface area (Å²) in [6.45, 7) is 4.09. The molecule has 0 aromatic heterocycles. The quantitative estimate of drug-likeness (QED) is 0.671. The van der Waals surface area contributed by atoms with E-state index in [0.717, 1.165) is 6.42 Å². The number of benzene rings is 1. The Kier molecular flexibility index (Phi) is 3.03. The van der Waals surface area contributed by atoms with Crippen LogP contribution in [0.5, 0.6) is 0 Å². The Morgan fingerprint density at radius 3 is 2.29 bits per heavy atom. The van der Waals surface area contributed by atoms with E-state index >= 15 is 0 Å². The van der Waals surface area contributed by atoms with Crippen molar-refractivity contribution in [1.29, 1.82) is 0 Å². The van der Waals surface area contributed by atoms with E-state index in [9.17, 15) is 0 Å². The highest BCUT2D eigenvalue weighted by Gasteiger charge is 2.19. The van der Waals surface area contributed by atoms with Crippen LogP contribution in [-0.4, -0.2) is 0 Å². The Morgan fingerprint density at radius 2 is 1.64 bits per heavy atom. The van der Waals surface area contributed by atoms with Crippen LogP contribution >= 0.6 is 0 Å². The summed E-state index contributed by atoms with van der Waals surface area (Å²) in [5.74, 6) is 1.24. The molecule has 1 aromatic rings. The molecule has 1 aliphatic carbocycles. The van der Waals surface area contributed by atoms with Crippen molar-refractivity contribution in [3.05, 3.63) is 79.6 Å². The highest BCUT2D eigenvalue weighted by molar-refractivity contribution is 5.48. The Morgan fingerprint density at radius 1 is 1.00 bits per heavy atom. The monoisotopic (exact) mass is 181 g/mol. The van der Waals surface area contributed by atoms with E-state index in [1.165, 1.54) is 17.1 Å². The van der Waals surface area contributed by atoms with Crippen LogP contribution in [0.1, 0.15) is 5.56 Å². The van der Waals surface area contributed by atoms with Gasteiger partial charge < -0.3 is 0 Å². The molecule has 0 nitrogen and oxygen atoms in total. The van der Waals surface area contributed by atoms with E-state index in [-0.39, 0.29) is 0 Å². The molecule has 1 aliphatic rings. The summed E-state index contributed by atoms with van der Waals surface area (Å²) in [6, 6.07) is 10.4. The first-order chi connectivity index (χ1) is 6.86. The van der Waals surface area contributed by atoms with Crippen molar-refractivity contribution in [2.24, 2.45) is 0 Å². The summed E-state index contributed by atoms with van der Waals surface area (Å²) >= 11 is 0. The fraction of sp³-hybridized carbons (Fsp3) is 0.0714. The third-order valence-corrected chi connectivity index (χ3v) is 2.33. The zero-order valence-corrected chi connectivity index (χ0v) is 8.11. The van der Waals surface area contributed by atoms with Crippen molar-refractivity contribution in [3.63, 3.8) is 0 Å². The van der Waals surface area contributed by atoms with Gasteiger partial charge in [0, 0.05) is 5.92 Å². The molecule has 0 spiro atoms. The maximum absolute atomic E-state index is 4.09. The lowest BCUT2D eigenvalue weighted by molar-refractivity contribution is 1.10. The lowest BCUT2D eigenvalue weighted by Crippen LogP contribution is -1.99. The fourth-order valence-corrected chi connectivity index (χ4v) is 1.55. The summed E-state index contributed by atoms with van der Waals surface area (Å²) < 4.78 is 0. The van der Waals surface area contributed by atoms with Crippen LogP contribution in [0.15, 0.2) is 42.5 Å². The SMILES string of the molecule is C=C(Cc1ccccc1)[C]1[CH][CH][CH][CH]1. The second-order valence-corrected chi connectivity index (χ2v) is 3.44. The van der Waals surface area contributed by atoms with Crippen LogP contribution in [0.2, 0.25) is 0 Å². The van der Waals surface area contributed by atoms with Gasteiger partial charge in [0.05, 0.1) is 0 Å². The Hall–Kier alpha value is -1.04. The van der Waals surface area contributed by atoms with E-state index < -0.39 is 0 Å². The maximum Gasteiger partial charge on any atom is 0.00801 e. The first-order valence-corrected chi connectivity index (χ1v) is 4.80. The molecule has 0 N–H and O–H groups in total.